The normalized spacial score (nSPS) is 11.1. The second-order valence-electron chi connectivity index (χ2n) is 15.1. The predicted molar refractivity (Wildman–Crippen MR) is 240 cm³/mol. The van der Waals surface area contributed by atoms with Crippen LogP contribution < -0.4 is 33.2 Å². The maximum Gasteiger partial charge on any atom is 0.343 e. The van der Waals surface area contributed by atoms with Crippen LogP contribution >= 0.6 is 0 Å². The first-order valence-electron chi connectivity index (χ1n) is 20.6. The summed E-state index contributed by atoms with van der Waals surface area (Å²) in [6.45, 7) is 10.4. The van der Waals surface area contributed by atoms with Crippen molar-refractivity contribution in [2.75, 3.05) is 13.7 Å². The molecule has 0 aliphatic carbocycles. The topological polar surface area (TPSA) is 176 Å². The Morgan fingerprint density at radius 1 is 0.424 bits per heavy atom. The third kappa shape index (κ3) is 12.5. The molecule has 0 fully saturated rings. The highest BCUT2D eigenvalue weighted by atomic mass is 16.6. The number of methoxy groups -OCH3 is 1. The minimum atomic E-state index is -0.668. The van der Waals surface area contributed by atoms with E-state index in [0.29, 0.717) is 45.9 Å². The average Bonchev–Trinajstić information content (AvgIpc) is 3.28. The molecule has 0 radical (unpaired) electrons. The SMILES string of the molecule is COC(C)CCOc1ccc(C(=O)Oc2ccc(C(=O)Oc3ccc(C(=O)Oc4ccc(OC(=O)c5ccc(OC(=O)c6ccc(OC(C)=O)c(C)c6)cc5C)cc4)c(C)c3)cc2C)cc1. The van der Waals surface area contributed by atoms with E-state index in [9.17, 15) is 28.8 Å². The van der Waals surface area contributed by atoms with Crippen molar-refractivity contribution in [3.05, 3.63) is 171 Å². The molecular weight excluding hydrogens is 849 g/mol. The van der Waals surface area contributed by atoms with Crippen LogP contribution in [0.3, 0.4) is 0 Å². The van der Waals surface area contributed by atoms with Gasteiger partial charge in [0.05, 0.1) is 40.5 Å². The van der Waals surface area contributed by atoms with Crippen molar-refractivity contribution in [1.82, 2.24) is 0 Å². The van der Waals surface area contributed by atoms with E-state index in [0.717, 1.165) is 6.42 Å². The summed E-state index contributed by atoms with van der Waals surface area (Å²) >= 11 is 0. The third-order valence-corrected chi connectivity index (χ3v) is 10.1. The number of benzene rings is 6. The highest BCUT2D eigenvalue weighted by Gasteiger charge is 2.19. The van der Waals surface area contributed by atoms with Gasteiger partial charge in [0.2, 0.25) is 0 Å². The zero-order valence-corrected chi connectivity index (χ0v) is 37.3. The van der Waals surface area contributed by atoms with E-state index < -0.39 is 35.8 Å². The van der Waals surface area contributed by atoms with Crippen LogP contribution in [0.15, 0.2) is 121 Å². The molecule has 0 aromatic heterocycles. The fourth-order valence-corrected chi connectivity index (χ4v) is 6.33. The van der Waals surface area contributed by atoms with Crippen molar-refractivity contribution in [3.63, 3.8) is 0 Å². The zero-order valence-electron chi connectivity index (χ0n) is 37.3. The van der Waals surface area contributed by atoms with Crippen molar-refractivity contribution < 1.29 is 66.7 Å². The molecule has 0 spiro atoms. The summed E-state index contributed by atoms with van der Waals surface area (Å²) in [5.74, 6) is -1.67. The molecule has 338 valence electrons. The molecule has 0 N–H and O–H groups in total. The maximum absolute atomic E-state index is 13.1. The van der Waals surface area contributed by atoms with Gasteiger partial charge in [-0.2, -0.15) is 0 Å². The molecule has 14 heteroatoms. The van der Waals surface area contributed by atoms with Gasteiger partial charge in [-0.25, -0.2) is 24.0 Å². The van der Waals surface area contributed by atoms with Crippen molar-refractivity contribution in [2.24, 2.45) is 0 Å². The van der Waals surface area contributed by atoms with E-state index >= 15 is 0 Å². The Morgan fingerprint density at radius 2 is 0.818 bits per heavy atom. The van der Waals surface area contributed by atoms with Crippen LogP contribution in [0.5, 0.6) is 40.2 Å². The van der Waals surface area contributed by atoms with Crippen LogP contribution in [0.4, 0.5) is 0 Å². The molecule has 0 saturated heterocycles. The van der Waals surface area contributed by atoms with Gasteiger partial charge in [0.1, 0.15) is 40.2 Å². The van der Waals surface area contributed by atoms with E-state index in [-0.39, 0.29) is 57.1 Å². The van der Waals surface area contributed by atoms with Crippen LogP contribution in [0.25, 0.3) is 0 Å². The zero-order chi connectivity index (χ0) is 47.5. The van der Waals surface area contributed by atoms with Gasteiger partial charge >= 0.3 is 35.8 Å². The number of hydrogen-bond donors (Lipinski definition) is 0. The molecule has 0 amide bonds. The van der Waals surface area contributed by atoms with Crippen molar-refractivity contribution >= 4 is 35.8 Å². The first kappa shape index (κ1) is 47.4. The van der Waals surface area contributed by atoms with E-state index in [1.54, 1.807) is 71.2 Å². The van der Waals surface area contributed by atoms with Crippen molar-refractivity contribution in [1.29, 1.82) is 0 Å². The fourth-order valence-electron chi connectivity index (χ4n) is 6.33. The van der Waals surface area contributed by atoms with Crippen LogP contribution in [0.1, 0.15) is 94.3 Å². The molecule has 0 heterocycles. The van der Waals surface area contributed by atoms with Crippen molar-refractivity contribution in [3.8, 4) is 40.2 Å². The first-order chi connectivity index (χ1) is 31.6. The number of carbonyl (C=O) groups is 6. The van der Waals surface area contributed by atoms with Gasteiger partial charge in [-0.3, -0.25) is 4.79 Å². The summed E-state index contributed by atoms with van der Waals surface area (Å²) in [5, 5.41) is 0. The molecule has 1 atom stereocenters. The molecule has 6 aromatic rings. The van der Waals surface area contributed by atoms with Gasteiger partial charge in [0, 0.05) is 20.5 Å². The van der Waals surface area contributed by atoms with E-state index in [1.807, 2.05) is 6.92 Å². The first-order valence-corrected chi connectivity index (χ1v) is 20.6. The smallest absolute Gasteiger partial charge is 0.343 e. The quantitative estimate of drug-likeness (QED) is 0.0663. The van der Waals surface area contributed by atoms with Gasteiger partial charge < -0.3 is 37.9 Å². The Morgan fingerprint density at radius 3 is 1.24 bits per heavy atom. The lowest BCUT2D eigenvalue weighted by Gasteiger charge is -2.12. The molecule has 6 rings (SSSR count). The molecular formula is C52H46O14. The van der Waals surface area contributed by atoms with Crippen LogP contribution in [0, 0.1) is 27.7 Å². The average molecular weight is 895 g/mol. The summed E-state index contributed by atoms with van der Waals surface area (Å²) in [7, 11) is 1.64. The Bertz CT molecular complexity index is 2790. The standard InChI is InChI=1S/C52H46O14/c1-30-28-42(64-49(55)37-10-22-46(32(3)26-37)61-35(6)53)18-20-44(30)51(57)62-40-14-16-41(17-15-40)63-52(58)45-21-19-43(29-31(45)2)65-50(56)38-11-23-47(33(4)27-38)66-48(54)36-8-12-39(13-9-36)60-25-24-34(5)59-7/h8-23,26-29,34H,24-25H2,1-7H3. The second kappa shape index (κ2) is 21.5. The Balaban J connectivity index is 0.979. The Kier molecular flexibility index (Phi) is 15.4. The summed E-state index contributed by atoms with van der Waals surface area (Å²) < 4.78 is 43.8. The lowest BCUT2D eigenvalue weighted by Crippen LogP contribution is -2.13. The van der Waals surface area contributed by atoms with Gasteiger partial charge in [-0.05, 0) is 178 Å². The summed E-state index contributed by atoms with van der Waals surface area (Å²) in [6, 6.07) is 30.5. The largest absolute Gasteiger partial charge is 0.493 e. The van der Waals surface area contributed by atoms with E-state index in [1.165, 1.54) is 91.9 Å². The molecule has 0 bridgehead atoms. The molecule has 6 aromatic carbocycles. The Labute approximate surface area is 380 Å². The fraction of sp³-hybridized carbons (Fsp3) is 0.192. The summed E-state index contributed by atoms with van der Waals surface area (Å²) in [4.78, 5) is 76.1. The monoisotopic (exact) mass is 894 g/mol. The predicted octanol–water partition coefficient (Wildman–Crippen LogP) is 9.75. The van der Waals surface area contributed by atoms with Crippen LogP contribution in [-0.2, 0) is 9.53 Å². The highest BCUT2D eigenvalue weighted by molar-refractivity contribution is 5.96. The van der Waals surface area contributed by atoms with Gasteiger partial charge in [-0.15, -0.1) is 0 Å². The van der Waals surface area contributed by atoms with Gasteiger partial charge in [-0.1, -0.05) is 0 Å². The molecule has 14 nitrogen and oxygen atoms in total. The highest BCUT2D eigenvalue weighted by Crippen LogP contribution is 2.27. The second-order valence-corrected chi connectivity index (χ2v) is 15.1. The van der Waals surface area contributed by atoms with Crippen LogP contribution in [-0.4, -0.2) is 55.6 Å². The Hall–Kier alpha value is -8.10. The number of carbonyl (C=O) groups excluding carboxylic acids is 6. The molecule has 66 heavy (non-hydrogen) atoms. The lowest BCUT2D eigenvalue weighted by atomic mass is 10.1. The minimum Gasteiger partial charge on any atom is -0.493 e. The summed E-state index contributed by atoms with van der Waals surface area (Å²) in [6.07, 6.45) is 0.797. The van der Waals surface area contributed by atoms with Crippen molar-refractivity contribution in [2.45, 2.75) is 54.1 Å². The summed E-state index contributed by atoms with van der Waals surface area (Å²) in [5.41, 5.74) is 3.34. The number of rotatable bonds is 16. The molecule has 0 aliphatic heterocycles. The lowest BCUT2D eigenvalue weighted by molar-refractivity contribution is -0.131. The number of ether oxygens (including phenoxy) is 8. The number of aryl methyl sites for hydroxylation is 4. The molecule has 1 unspecified atom stereocenters. The number of esters is 6. The van der Waals surface area contributed by atoms with Crippen LogP contribution in [0.2, 0.25) is 0 Å². The molecule has 0 saturated carbocycles. The van der Waals surface area contributed by atoms with Gasteiger partial charge in [0.25, 0.3) is 0 Å². The third-order valence-electron chi connectivity index (χ3n) is 10.1. The molecule has 0 aliphatic rings. The number of hydrogen-bond acceptors (Lipinski definition) is 14. The maximum atomic E-state index is 13.1. The minimum absolute atomic E-state index is 0.0726. The van der Waals surface area contributed by atoms with E-state index in [2.05, 4.69) is 0 Å². The van der Waals surface area contributed by atoms with Gasteiger partial charge in [0.15, 0.2) is 0 Å². The van der Waals surface area contributed by atoms with E-state index in [4.69, 9.17) is 37.9 Å².